The molecule has 0 atom stereocenters. The summed E-state index contributed by atoms with van der Waals surface area (Å²) in [6, 6.07) is 5.31. The summed E-state index contributed by atoms with van der Waals surface area (Å²) in [5.74, 6) is 0.00790. The van der Waals surface area contributed by atoms with Gasteiger partial charge in [-0.1, -0.05) is 27.5 Å². The van der Waals surface area contributed by atoms with Crippen LogP contribution in [0, 0.1) is 6.92 Å². The molecule has 0 bridgehead atoms. The van der Waals surface area contributed by atoms with Crippen LogP contribution in [0.2, 0.25) is 5.02 Å². The standard InChI is InChI=1S/C14H12BrClN2O2/c1-8-14(20)11(9(7-19)5-17-8)6-18-13-3-2-10(15)4-12(13)16/h2-6,19-20H,7H2,1H3. The number of aromatic hydroxyl groups is 1. The molecule has 0 aliphatic rings. The fourth-order valence-electron chi connectivity index (χ4n) is 1.64. The maximum Gasteiger partial charge on any atom is 0.145 e. The molecule has 1 aromatic heterocycles. The van der Waals surface area contributed by atoms with Crippen LogP contribution in [0.25, 0.3) is 0 Å². The number of aliphatic hydroxyl groups is 1. The Morgan fingerprint density at radius 3 is 2.85 bits per heavy atom. The molecule has 0 radical (unpaired) electrons. The number of aryl methyl sites for hydroxylation is 1. The predicted molar refractivity (Wildman–Crippen MR) is 83.0 cm³/mol. The lowest BCUT2D eigenvalue weighted by Gasteiger charge is -2.07. The van der Waals surface area contributed by atoms with Crippen molar-refractivity contribution in [2.24, 2.45) is 4.99 Å². The highest BCUT2D eigenvalue weighted by Gasteiger charge is 2.09. The number of aromatic nitrogens is 1. The van der Waals surface area contributed by atoms with Crippen molar-refractivity contribution in [2.45, 2.75) is 13.5 Å². The van der Waals surface area contributed by atoms with Crippen LogP contribution in [0.4, 0.5) is 5.69 Å². The first kappa shape index (κ1) is 15.0. The average Bonchev–Trinajstić information content (AvgIpc) is 2.42. The summed E-state index contributed by atoms with van der Waals surface area (Å²) >= 11 is 9.39. The summed E-state index contributed by atoms with van der Waals surface area (Å²) in [7, 11) is 0. The molecule has 2 N–H and O–H groups in total. The molecule has 1 aromatic carbocycles. The third-order valence-corrected chi connectivity index (χ3v) is 3.57. The minimum atomic E-state index is -0.226. The van der Waals surface area contributed by atoms with Crippen molar-refractivity contribution in [1.82, 2.24) is 4.98 Å². The number of rotatable bonds is 3. The van der Waals surface area contributed by atoms with Gasteiger partial charge in [0, 0.05) is 28.0 Å². The molecule has 0 amide bonds. The number of nitrogens with zero attached hydrogens (tertiary/aromatic N) is 2. The highest BCUT2D eigenvalue weighted by molar-refractivity contribution is 9.10. The van der Waals surface area contributed by atoms with E-state index in [0.717, 1.165) is 4.47 Å². The number of benzene rings is 1. The molecule has 0 spiro atoms. The third-order valence-electron chi connectivity index (χ3n) is 2.77. The summed E-state index contributed by atoms with van der Waals surface area (Å²) in [5, 5.41) is 19.8. The number of aliphatic imine (C=N–C) groups is 1. The fraction of sp³-hybridized carbons (Fsp3) is 0.143. The van der Waals surface area contributed by atoms with Gasteiger partial charge in [-0.05, 0) is 25.1 Å². The molecular formula is C14H12BrClN2O2. The summed E-state index contributed by atoms with van der Waals surface area (Å²) in [6.07, 6.45) is 2.99. The largest absolute Gasteiger partial charge is 0.505 e. The van der Waals surface area contributed by atoms with Gasteiger partial charge in [0.1, 0.15) is 5.75 Å². The van der Waals surface area contributed by atoms with Crippen molar-refractivity contribution < 1.29 is 10.2 Å². The lowest BCUT2D eigenvalue weighted by Crippen LogP contribution is -1.97. The van der Waals surface area contributed by atoms with E-state index in [1.807, 2.05) is 6.07 Å². The van der Waals surface area contributed by atoms with Crippen molar-refractivity contribution in [3.63, 3.8) is 0 Å². The molecule has 0 aliphatic carbocycles. The molecule has 1 heterocycles. The van der Waals surface area contributed by atoms with E-state index < -0.39 is 0 Å². The zero-order chi connectivity index (χ0) is 14.7. The van der Waals surface area contributed by atoms with Gasteiger partial charge in [-0.15, -0.1) is 0 Å². The van der Waals surface area contributed by atoms with Crippen molar-refractivity contribution in [3.8, 4) is 5.75 Å². The highest BCUT2D eigenvalue weighted by atomic mass is 79.9. The number of pyridine rings is 1. The van der Waals surface area contributed by atoms with Crippen LogP contribution < -0.4 is 0 Å². The Bertz CT molecular complexity index is 674. The van der Waals surface area contributed by atoms with Crippen LogP contribution in [0.5, 0.6) is 5.75 Å². The molecule has 104 valence electrons. The Balaban J connectivity index is 2.43. The molecular weight excluding hydrogens is 344 g/mol. The topological polar surface area (TPSA) is 65.7 Å². The second kappa shape index (κ2) is 6.35. The second-order valence-electron chi connectivity index (χ2n) is 4.14. The van der Waals surface area contributed by atoms with E-state index in [1.54, 1.807) is 19.1 Å². The number of halogens is 2. The number of hydrogen-bond acceptors (Lipinski definition) is 4. The van der Waals surface area contributed by atoms with Crippen LogP contribution in [-0.2, 0) is 6.61 Å². The molecule has 0 aliphatic heterocycles. The van der Waals surface area contributed by atoms with Crippen molar-refractivity contribution in [3.05, 3.63) is 50.7 Å². The van der Waals surface area contributed by atoms with E-state index >= 15 is 0 Å². The maximum atomic E-state index is 10.00. The van der Waals surface area contributed by atoms with E-state index in [-0.39, 0.29) is 12.4 Å². The zero-order valence-corrected chi connectivity index (χ0v) is 13.0. The van der Waals surface area contributed by atoms with E-state index in [2.05, 4.69) is 25.9 Å². The molecule has 2 rings (SSSR count). The van der Waals surface area contributed by atoms with E-state index in [1.165, 1.54) is 12.4 Å². The Labute approximate surface area is 129 Å². The molecule has 0 fully saturated rings. The van der Waals surface area contributed by atoms with Crippen LogP contribution in [0.3, 0.4) is 0 Å². The van der Waals surface area contributed by atoms with Gasteiger partial charge in [0.15, 0.2) is 0 Å². The van der Waals surface area contributed by atoms with Gasteiger partial charge in [-0.25, -0.2) is 0 Å². The Morgan fingerprint density at radius 1 is 1.45 bits per heavy atom. The summed E-state index contributed by atoms with van der Waals surface area (Å²) in [6.45, 7) is 1.46. The van der Waals surface area contributed by atoms with Gasteiger partial charge in [-0.3, -0.25) is 9.98 Å². The first-order valence-corrected chi connectivity index (χ1v) is 6.97. The van der Waals surface area contributed by atoms with Crippen LogP contribution in [0.15, 0.2) is 33.9 Å². The van der Waals surface area contributed by atoms with Crippen molar-refractivity contribution in [2.75, 3.05) is 0 Å². The summed E-state index contributed by atoms with van der Waals surface area (Å²) in [4.78, 5) is 8.24. The van der Waals surface area contributed by atoms with Gasteiger partial charge in [0.05, 0.1) is 23.0 Å². The van der Waals surface area contributed by atoms with E-state index in [0.29, 0.717) is 27.5 Å². The third kappa shape index (κ3) is 3.17. The SMILES string of the molecule is Cc1ncc(CO)c(C=Nc2ccc(Br)cc2Cl)c1O. The van der Waals surface area contributed by atoms with Crippen LogP contribution in [0.1, 0.15) is 16.8 Å². The summed E-state index contributed by atoms with van der Waals surface area (Å²) < 4.78 is 0.861. The van der Waals surface area contributed by atoms with Crippen LogP contribution in [-0.4, -0.2) is 21.4 Å². The molecule has 20 heavy (non-hydrogen) atoms. The quantitative estimate of drug-likeness (QED) is 0.824. The Hall–Kier alpha value is -1.43. The first-order valence-electron chi connectivity index (χ1n) is 5.80. The Morgan fingerprint density at radius 2 is 2.20 bits per heavy atom. The first-order chi connectivity index (χ1) is 9.52. The van der Waals surface area contributed by atoms with Gasteiger partial charge in [0.2, 0.25) is 0 Å². The minimum absolute atomic E-state index is 0.00790. The van der Waals surface area contributed by atoms with Gasteiger partial charge in [-0.2, -0.15) is 0 Å². The predicted octanol–water partition coefficient (Wildman–Crippen LogP) is 3.75. The number of aliphatic hydroxyl groups excluding tert-OH is 1. The monoisotopic (exact) mass is 354 g/mol. The Kier molecular flexibility index (Phi) is 4.75. The van der Waals surface area contributed by atoms with Gasteiger partial charge >= 0.3 is 0 Å². The molecule has 6 heteroatoms. The van der Waals surface area contributed by atoms with Crippen LogP contribution >= 0.6 is 27.5 Å². The molecule has 0 saturated heterocycles. The van der Waals surface area contributed by atoms with E-state index in [4.69, 9.17) is 11.6 Å². The van der Waals surface area contributed by atoms with Crippen molar-refractivity contribution >= 4 is 39.4 Å². The average molecular weight is 356 g/mol. The van der Waals surface area contributed by atoms with Gasteiger partial charge < -0.3 is 10.2 Å². The van der Waals surface area contributed by atoms with Crippen molar-refractivity contribution in [1.29, 1.82) is 0 Å². The zero-order valence-electron chi connectivity index (χ0n) is 10.6. The van der Waals surface area contributed by atoms with E-state index in [9.17, 15) is 10.2 Å². The fourth-order valence-corrected chi connectivity index (χ4v) is 2.36. The minimum Gasteiger partial charge on any atom is -0.505 e. The lowest BCUT2D eigenvalue weighted by atomic mass is 10.1. The molecule has 4 nitrogen and oxygen atoms in total. The molecule has 0 unspecified atom stereocenters. The lowest BCUT2D eigenvalue weighted by molar-refractivity contribution is 0.280. The summed E-state index contributed by atoms with van der Waals surface area (Å²) in [5.41, 5.74) is 2.00. The maximum absolute atomic E-state index is 10.00. The van der Waals surface area contributed by atoms with Gasteiger partial charge in [0.25, 0.3) is 0 Å². The number of hydrogen-bond donors (Lipinski definition) is 2. The molecule has 0 saturated carbocycles. The smallest absolute Gasteiger partial charge is 0.145 e. The molecule has 2 aromatic rings. The second-order valence-corrected chi connectivity index (χ2v) is 5.47. The normalized spacial score (nSPS) is 11.2. The highest BCUT2D eigenvalue weighted by Crippen LogP contribution is 2.29.